The summed E-state index contributed by atoms with van der Waals surface area (Å²) in [6, 6.07) is 8.37. The standard InChI is InChI=1S/C13H17N/c1-4-13(14)9-11(3)12-7-5-6-10(2)8-12/h5-9,14H,4H2,1-3H3/b11-9+,14-13?. The highest BCUT2D eigenvalue weighted by Gasteiger charge is 1.96. The first-order valence-corrected chi connectivity index (χ1v) is 4.96. The summed E-state index contributed by atoms with van der Waals surface area (Å²) in [6.45, 7) is 6.14. The van der Waals surface area contributed by atoms with Crippen LogP contribution in [0.4, 0.5) is 0 Å². The average Bonchev–Trinajstić information content (AvgIpc) is 2.17. The van der Waals surface area contributed by atoms with E-state index in [0.717, 1.165) is 6.42 Å². The van der Waals surface area contributed by atoms with Crippen LogP contribution in [0.3, 0.4) is 0 Å². The first-order chi connectivity index (χ1) is 6.63. The molecule has 1 heteroatoms. The van der Waals surface area contributed by atoms with Gasteiger partial charge >= 0.3 is 0 Å². The van der Waals surface area contributed by atoms with Crippen LogP contribution in [-0.2, 0) is 0 Å². The van der Waals surface area contributed by atoms with Crippen molar-refractivity contribution in [2.75, 3.05) is 0 Å². The van der Waals surface area contributed by atoms with E-state index >= 15 is 0 Å². The van der Waals surface area contributed by atoms with Gasteiger partial charge in [0.15, 0.2) is 0 Å². The lowest BCUT2D eigenvalue weighted by atomic mass is 10.0. The molecule has 0 heterocycles. The van der Waals surface area contributed by atoms with Gasteiger partial charge in [0.2, 0.25) is 0 Å². The van der Waals surface area contributed by atoms with E-state index in [4.69, 9.17) is 5.41 Å². The molecule has 74 valence electrons. The van der Waals surface area contributed by atoms with Gasteiger partial charge in [-0.05, 0) is 37.5 Å². The third kappa shape index (κ3) is 2.84. The molecule has 0 unspecified atom stereocenters. The minimum atomic E-state index is 0.684. The van der Waals surface area contributed by atoms with Crippen molar-refractivity contribution in [1.29, 1.82) is 5.41 Å². The van der Waals surface area contributed by atoms with Gasteiger partial charge in [0.05, 0.1) is 0 Å². The van der Waals surface area contributed by atoms with Crippen LogP contribution in [0.5, 0.6) is 0 Å². The number of hydrogen-bond donors (Lipinski definition) is 1. The van der Waals surface area contributed by atoms with Crippen molar-refractivity contribution >= 4 is 11.3 Å². The van der Waals surface area contributed by atoms with E-state index < -0.39 is 0 Å². The van der Waals surface area contributed by atoms with Crippen LogP contribution >= 0.6 is 0 Å². The number of aryl methyl sites for hydroxylation is 1. The van der Waals surface area contributed by atoms with Crippen LogP contribution < -0.4 is 0 Å². The van der Waals surface area contributed by atoms with E-state index in [1.165, 1.54) is 16.7 Å². The van der Waals surface area contributed by atoms with Crippen molar-refractivity contribution in [3.63, 3.8) is 0 Å². The summed E-state index contributed by atoms with van der Waals surface area (Å²) in [5.74, 6) is 0. The van der Waals surface area contributed by atoms with Gasteiger partial charge in [-0.15, -0.1) is 0 Å². The molecule has 0 saturated carbocycles. The van der Waals surface area contributed by atoms with Gasteiger partial charge < -0.3 is 5.41 Å². The molecule has 0 saturated heterocycles. The highest BCUT2D eigenvalue weighted by atomic mass is 14.4. The maximum Gasteiger partial charge on any atom is 0.0314 e. The molecule has 1 N–H and O–H groups in total. The quantitative estimate of drug-likeness (QED) is 0.695. The molecule has 14 heavy (non-hydrogen) atoms. The lowest BCUT2D eigenvalue weighted by Gasteiger charge is -2.03. The highest BCUT2D eigenvalue weighted by molar-refractivity contribution is 5.98. The zero-order valence-corrected chi connectivity index (χ0v) is 9.09. The molecular formula is C13H17N. The number of benzene rings is 1. The molecule has 0 spiro atoms. The highest BCUT2D eigenvalue weighted by Crippen LogP contribution is 2.15. The van der Waals surface area contributed by atoms with Gasteiger partial charge in [-0.1, -0.05) is 36.8 Å². The van der Waals surface area contributed by atoms with Crippen LogP contribution in [0.25, 0.3) is 5.57 Å². The molecule has 0 amide bonds. The predicted octanol–water partition coefficient (Wildman–Crippen LogP) is 3.83. The summed E-state index contributed by atoms with van der Waals surface area (Å²) in [4.78, 5) is 0. The largest absolute Gasteiger partial charge is 0.305 e. The van der Waals surface area contributed by atoms with Gasteiger partial charge in [0.25, 0.3) is 0 Å². The second-order valence-electron chi connectivity index (χ2n) is 3.58. The molecule has 1 aromatic carbocycles. The zero-order valence-electron chi connectivity index (χ0n) is 9.09. The predicted molar refractivity (Wildman–Crippen MR) is 62.8 cm³/mol. The van der Waals surface area contributed by atoms with Gasteiger partial charge in [-0.3, -0.25) is 0 Å². The van der Waals surface area contributed by atoms with Crippen LogP contribution in [0.2, 0.25) is 0 Å². The topological polar surface area (TPSA) is 23.9 Å². The molecule has 1 rings (SSSR count). The molecule has 0 fully saturated rings. The molecule has 0 aliphatic carbocycles. The number of nitrogens with one attached hydrogen (secondary N) is 1. The average molecular weight is 187 g/mol. The Bertz CT molecular complexity index is 361. The van der Waals surface area contributed by atoms with E-state index in [-0.39, 0.29) is 0 Å². The fraction of sp³-hybridized carbons (Fsp3) is 0.308. The zero-order chi connectivity index (χ0) is 10.6. The summed E-state index contributed by atoms with van der Waals surface area (Å²) < 4.78 is 0. The summed E-state index contributed by atoms with van der Waals surface area (Å²) in [5.41, 5.74) is 4.33. The number of allylic oxidation sites excluding steroid dienone is 2. The second kappa shape index (κ2) is 4.75. The lowest BCUT2D eigenvalue weighted by Crippen LogP contribution is -1.89. The van der Waals surface area contributed by atoms with E-state index in [2.05, 4.69) is 38.1 Å². The third-order valence-electron chi connectivity index (χ3n) is 2.25. The molecule has 0 aromatic heterocycles. The second-order valence-corrected chi connectivity index (χ2v) is 3.58. The minimum Gasteiger partial charge on any atom is -0.305 e. The molecule has 0 radical (unpaired) electrons. The molecule has 1 aromatic rings. The first-order valence-electron chi connectivity index (χ1n) is 4.96. The SMILES string of the molecule is CCC(=N)/C=C(\C)c1cccc(C)c1. The monoisotopic (exact) mass is 187 g/mol. The first kappa shape index (κ1) is 10.7. The maximum absolute atomic E-state index is 7.59. The molecule has 0 aliphatic rings. The fourth-order valence-corrected chi connectivity index (χ4v) is 1.34. The third-order valence-corrected chi connectivity index (χ3v) is 2.25. The van der Waals surface area contributed by atoms with E-state index in [1.807, 2.05) is 13.0 Å². The summed E-state index contributed by atoms with van der Waals surface area (Å²) in [6.07, 6.45) is 2.73. The Morgan fingerprint density at radius 1 is 1.43 bits per heavy atom. The van der Waals surface area contributed by atoms with Gasteiger partial charge in [0.1, 0.15) is 0 Å². The Labute approximate surface area is 86.0 Å². The van der Waals surface area contributed by atoms with Crippen molar-refractivity contribution < 1.29 is 0 Å². The van der Waals surface area contributed by atoms with Crippen LogP contribution in [0.1, 0.15) is 31.4 Å². The molecule has 0 atom stereocenters. The molecule has 0 aliphatic heterocycles. The summed E-state index contributed by atoms with van der Waals surface area (Å²) in [7, 11) is 0. The van der Waals surface area contributed by atoms with Crippen LogP contribution in [-0.4, -0.2) is 5.71 Å². The Morgan fingerprint density at radius 2 is 2.14 bits per heavy atom. The normalized spacial score (nSPS) is 11.5. The number of hydrogen-bond acceptors (Lipinski definition) is 1. The van der Waals surface area contributed by atoms with E-state index in [0.29, 0.717) is 5.71 Å². The van der Waals surface area contributed by atoms with E-state index in [1.54, 1.807) is 0 Å². The van der Waals surface area contributed by atoms with Crippen molar-refractivity contribution in [2.45, 2.75) is 27.2 Å². The van der Waals surface area contributed by atoms with Crippen LogP contribution in [0, 0.1) is 12.3 Å². The fourth-order valence-electron chi connectivity index (χ4n) is 1.34. The maximum atomic E-state index is 7.59. The Kier molecular flexibility index (Phi) is 3.63. The smallest absolute Gasteiger partial charge is 0.0314 e. The van der Waals surface area contributed by atoms with Gasteiger partial charge in [-0.25, -0.2) is 0 Å². The molecular weight excluding hydrogens is 170 g/mol. The molecule has 0 bridgehead atoms. The van der Waals surface area contributed by atoms with Crippen LogP contribution in [0.15, 0.2) is 30.3 Å². The Morgan fingerprint density at radius 3 is 2.71 bits per heavy atom. The molecule has 1 nitrogen and oxygen atoms in total. The van der Waals surface area contributed by atoms with Crippen molar-refractivity contribution in [3.8, 4) is 0 Å². The van der Waals surface area contributed by atoms with Crippen molar-refractivity contribution in [2.24, 2.45) is 0 Å². The lowest BCUT2D eigenvalue weighted by molar-refractivity contribution is 1.26. The minimum absolute atomic E-state index is 0.684. The number of rotatable bonds is 3. The van der Waals surface area contributed by atoms with E-state index in [9.17, 15) is 0 Å². The summed E-state index contributed by atoms with van der Waals surface area (Å²) >= 11 is 0. The van der Waals surface area contributed by atoms with Gasteiger partial charge in [0, 0.05) is 5.71 Å². The van der Waals surface area contributed by atoms with Gasteiger partial charge in [-0.2, -0.15) is 0 Å². The van der Waals surface area contributed by atoms with Crippen molar-refractivity contribution in [3.05, 3.63) is 41.5 Å². The Balaban J connectivity index is 2.94. The van der Waals surface area contributed by atoms with Crippen molar-refractivity contribution in [1.82, 2.24) is 0 Å². The Hall–Kier alpha value is -1.37. The summed E-state index contributed by atoms with van der Waals surface area (Å²) in [5, 5.41) is 7.59.